The number of rotatable bonds is 4. The first kappa shape index (κ1) is 12.4. The Balaban J connectivity index is 1.78. The molecule has 98 valence electrons. The summed E-state index contributed by atoms with van der Waals surface area (Å²) in [5, 5.41) is 3.43. The average molecular weight is 252 g/mol. The van der Waals surface area contributed by atoms with E-state index in [1.807, 2.05) is 19.3 Å². The van der Waals surface area contributed by atoms with E-state index in [1.165, 1.54) is 28.8 Å². The third kappa shape index (κ3) is 2.28. The van der Waals surface area contributed by atoms with Crippen molar-refractivity contribution in [3.63, 3.8) is 0 Å². The Morgan fingerprint density at radius 2 is 2.11 bits per heavy atom. The fourth-order valence-electron chi connectivity index (χ4n) is 3.09. The van der Waals surface area contributed by atoms with E-state index >= 15 is 0 Å². The maximum Gasteiger partial charge on any atom is 0.0602 e. The van der Waals surface area contributed by atoms with Crippen molar-refractivity contribution >= 4 is 0 Å². The topological polar surface area (TPSA) is 24.9 Å². The minimum Gasteiger partial charge on any atom is -0.312 e. The van der Waals surface area contributed by atoms with Crippen LogP contribution in [0.3, 0.4) is 0 Å². The zero-order valence-corrected chi connectivity index (χ0v) is 11.6. The quantitative estimate of drug-likeness (QED) is 0.902. The Morgan fingerprint density at radius 1 is 1.26 bits per heavy atom. The molecule has 1 aromatic heterocycles. The van der Waals surface area contributed by atoms with Crippen molar-refractivity contribution in [1.29, 1.82) is 0 Å². The van der Waals surface area contributed by atoms with Crippen molar-refractivity contribution < 1.29 is 0 Å². The lowest BCUT2D eigenvalue weighted by Crippen LogP contribution is -2.26. The maximum atomic E-state index is 4.55. The molecule has 0 radical (unpaired) electrons. The van der Waals surface area contributed by atoms with Gasteiger partial charge >= 0.3 is 0 Å². The largest absolute Gasteiger partial charge is 0.312 e. The molecule has 0 fully saturated rings. The summed E-state index contributed by atoms with van der Waals surface area (Å²) in [6.45, 7) is 2.14. The SMILES string of the molecule is CNC(CC1Cc2ccccc21)c1ncccc1C. The molecule has 1 aliphatic carbocycles. The van der Waals surface area contributed by atoms with Crippen molar-refractivity contribution in [1.82, 2.24) is 10.3 Å². The van der Waals surface area contributed by atoms with E-state index in [0.717, 1.165) is 6.42 Å². The van der Waals surface area contributed by atoms with Crippen molar-refractivity contribution in [2.45, 2.75) is 31.7 Å². The van der Waals surface area contributed by atoms with Gasteiger partial charge in [0.25, 0.3) is 0 Å². The molecule has 0 saturated carbocycles. The summed E-state index contributed by atoms with van der Waals surface area (Å²) in [6, 6.07) is 13.3. The van der Waals surface area contributed by atoms with Crippen LogP contribution in [-0.4, -0.2) is 12.0 Å². The van der Waals surface area contributed by atoms with Gasteiger partial charge in [0.1, 0.15) is 0 Å². The third-order valence-electron chi connectivity index (χ3n) is 4.21. The Morgan fingerprint density at radius 3 is 2.84 bits per heavy atom. The number of pyridine rings is 1. The molecule has 1 N–H and O–H groups in total. The van der Waals surface area contributed by atoms with E-state index in [4.69, 9.17) is 0 Å². The molecular weight excluding hydrogens is 232 g/mol. The number of aromatic nitrogens is 1. The number of hydrogen-bond acceptors (Lipinski definition) is 2. The highest BCUT2D eigenvalue weighted by Crippen LogP contribution is 2.40. The van der Waals surface area contributed by atoms with Crippen LogP contribution in [0.1, 0.15) is 40.8 Å². The predicted molar refractivity (Wildman–Crippen MR) is 78.3 cm³/mol. The van der Waals surface area contributed by atoms with Gasteiger partial charge in [-0.3, -0.25) is 4.98 Å². The number of benzene rings is 1. The van der Waals surface area contributed by atoms with Gasteiger partial charge < -0.3 is 5.32 Å². The second-order valence-corrected chi connectivity index (χ2v) is 5.38. The molecule has 0 amide bonds. The molecule has 0 saturated heterocycles. The first-order valence-electron chi connectivity index (χ1n) is 6.96. The minimum absolute atomic E-state index is 0.347. The Labute approximate surface area is 114 Å². The maximum absolute atomic E-state index is 4.55. The van der Waals surface area contributed by atoms with Crippen LogP contribution in [0.5, 0.6) is 0 Å². The number of aryl methyl sites for hydroxylation is 1. The molecule has 2 aromatic rings. The van der Waals surface area contributed by atoms with Crippen LogP contribution in [0.25, 0.3) is 0 Å². The van der Waals surface area contributed by atoms with Crippen LogP contribution < -0.4 is 5.32 Å². The van der Waals surface area contributed by atoms with E-state index < -0.39 is 0 Å². The Hall–Kier alpha value is -1.67. The lowest BCUT2D eigenvalue weighted by molar-refractivity contribution is 0.444. The van der Waals surface area contributed by atoms with Gasteiger partial charge in [-0.1, -0.05) is 30.3 Å². The molecule has 19 heavy (non-hydrogen) atoms. The van der Waals surface area contributed by atoms with Gasteiger partial charge in [0.15, 0.2) is 0 Å². The fourth-order valence-corrected chi connectivity index (χ4v) is 3.09. The number of fused-ring (bicyclic) bond motifs is 1. The van der Waals surface area contributed by atoms with Crippen molar-refractivity contribution in [3.05, 3.63) is 65.0 Å². The molecule has 1 aliphatic rings. The normalized spacial score (nSPS) is 18.5. The zero-order chi connectivity index (χ0) is 13.2. The fraction of sp³-hybridized carbons (Fsp3) is 0.353. The number of hydrogen-bond donors (Lipinski definition) is 1. The summed E-state index contributed by atoms with van der Waals surface area (Å²) in [5.41, 5.74) is 5.50. The molecule has 2 heteroatoms. The molecule has 0 bridgehead atoms. The first-order chi connectivity index (χ1) is 9.29. The van der Waals surface area contributed by atoms with Gasteiger partial charge in [0.05, 0.1) is 11.7 Å². The summed E-state index contributed by atoms with van der Waals surface area (Å²) >= 11 is 0. The van der Waals surface area contributed by atoms with Crippen LogP contribution in [0, 0.1) is 6.92 Å². The second kappa shape index (κ2) is 5.14. The van der Waals surface area contributed by atoms with E-state index in [2.05, 4.69) is 47.6 Å². The van der Waals surface area contributed by atoms with Gasteiger partial charge in [-0.25, -0.2) is 0 Å². The molecule has 2 nitrogen and oxygen atoms in total. The summed E-state index contributed by atoms with van der Waals surface area (Å²) in [5.74, 6) is 0.676. The molecule has 2 unspecified atom stereocenters. The highest BCUT2D eigenvalue weighted by molar-refractivity contribution is 5.40. The van der Waals surface area contributed by atoms with Crippen molar-refractivity contribution in [3.8, 4) is 0 Å². The number of nitrogens with zero attached hydrogens (tertiary/aromatic N) is 1. The lowest BCUT2D eigenvalue weighted by atomic mass is 9.74. The Bertz CT molecular complexity index is 577. The van der Waals surface area contributed by atoms with Crippen molar-refractivity contribution in [2.75, 3.05) is 7.05 Å². The van der Waals surface area contributed by atoms with E-state index in [1.54, 1.807) is 0 Å². The van der Waals surface area contributed by atoms with Gasteiger partial charge in [-0.2, -0.15) is 0 Å². The monoisotopic (exact) mass is 252 g/mol. The first-order valence-corrected chi connectivity index (χ1v) is 6.96. The van der Waals surface area contributed by atoms with Crippen LogP contribution >= 0.6 is 0 Å². The van der Waals surface area contributed by atoms with Gasteiger partial charge in [-0.15, -0.1) is 0 Å². The second-order valence-electron chi connectivity index (χ2n) is 5.38. The van der Waals surface area contributed by atoms with Crippen LogP contribution in [0.2, 0.25) is 0 Å². The van der Waals surface area contributed by atoms with Gasteiger partial charge in [0.2, 0.25) is 0 Å². The molecule has 0 aliphatic heterocycles. The summed E-state index contributed by atoms with van der Waals surface area (Å²) in [7, 11) is 2.03. The minimum atomic E-state index is 0.347. The molecule has 2 atom stereocenters. The van der Waals surface area contributed by atoms with Crippen LogP contribution in [0.15, 0.2) is 42.6 Å². The molecule has 1 heterocycles. The van der Waals surface area contributed by atoms with E-state index in [0.29, 0.717) is 12.0 Å². The van der Waals surface area contributed by atoms with E-state index in [-0.39, 0.29) is 0 Å². The van der Waals surface area contributed by atoms with Gasteiger partial charge in [-0.05, 0) is 55.5 Å². The van der Waals surface area contributed by atoms with E-state index in [9.17, 15) is 0 Å². The summed E-state index contributed by atoms with van der Waals surface area (Å²) < 4.78 is 0. The summed E-state index contributed by atoms with van der Waals surface area (Å²) in [6.07, 6.45) is 4.23. The lowest BCUT2D eigenvalue weighted by Gasteiger charge is -2.33. The highest BCUT2D eigenvalue weighted by Gasteiger charge is 2.28. The van der Waals surface area contributed by atoms with Crippen LogP contribution in [0.4, 0.5) is 0 Å². The average Bonchev–Trinajstić information content (AvgIpc) is 2.42. The smallest absolute Gasteiger partial charge is 0.0602 e. The third-order valence-corrected chi connectivity index (χ3v) is 4.21. The Kier molecular flexibility index (Phi) is 3.34. The molecule has 0 spiro atoms. The van der Waals surface area contributed by atoms with Crippen LogP contribution in [-0.2, 0) is 6.42 Å². The summed E-state index contributed by atoms with van der Waals surface area (Å²) in [4.78, 5) is 4.55. The molecular formula is C17H20N2. The molecule has 1 aromatic carbocycles. The highest BCUT2D eigenvalue weighted by atomic mass is 14.9. The molecule has 3 rings (SSSR count). The van der Waals surface area contributed by atoms with Gasteiger partial charge in [0, 0.05) is 6.20 Å². The zero-order valence-electron chi connectivity index (χ0n) is 11.6. The predicted octanol–water partition coefficient (Wildman–Crippen LogP) is 3.38. The standard InChI is InChI=1S/C17H20N2/c1-12-6-5-9-19-17(12)16(18-2)11-14-10-13-7-3-4-8-15(13)14/h3-9,14,16,18H,10-11H2,1-2H3. The van der Waals surface area contributed by atoms with Crippen molar-refractivity contribution in [2.24, 2.45) is 0 Å². The number of nitrogens with one attached hydrogen (secondary N) is 1.